The molecule has 0 bridgehead atoms. The maximum absolute atomic E-state index is 13.3. The standard InChI is InChI=1S/C20H19FN2OS/c1-13(2)17-8-3-4-9-18(17)23-19(24)11-16-12-25-20(22-16)14-6-5-7-15(21)10-14/h3-10,12-13H,11H2,1-2H3,(H,23,24). The Kier molecular flexibility index (Phi) is 5.24. The number of nitrogens with zero attached hydrogens (tertiary/aromatic N) is 1. The van der Waals surface area contributed by atoms with Crippen LogP contribution in [-0.2, 0) is 11.2 Å². The molecule has 0 radical (unpaired) electrons. The molecule has 25 heavy (non-hydrogen) atoms. The van der Waals surface area contributed by atoms with Crippen LogP contribution in [0.1, 0.15) is 31.0 Å². The molecule has 1 N–H and O–H groups in total. The minimum Gasteiger partial charge on any atom is -0.325 e. The molecule has 0 aliphatic heterocycles. The summed E-state index contributed by atoms with van der Waals surface area (Å²) in [6.45, 7) is 4.19. The summed E-state index contributed by atoms with van der Waals surface area (Å²) in [6.07, 6.45) is 0.193. The van der Waals surface area contributed by atoms with Crippen LogP contribution in [0.5, 0.6) is 0 Å². The van der Waals surface area contributed by atoms with Crippen LogP contribution < -0.4 is 5.32 Å². The molecule has 0 atom stereocenters. The van der Waals surface area contributed by atoms with E-state index in [1.807, 2.05) is 35.7 Å². The van der Waals surface area contributed by atoms with E-state index in [1.54, 1.807) is 6.07 Å². The number of amides is 1. The Morgan fingerprint density at radius 2 is 2.00 bits per heavy atom. The predicted molar refractivity (Wildman–Crippen MR) is 100 cm³/mol. The number of anilines is 1. The van der Waals surface area contributed by atoms with Crippen molar-refractivity contribution in [2.24, 2.45) is 0 Å². The second-order valence-corrected chi connectivity index (χ2v) is 6.98. The Hall–Kier alpha value is -2.53. The minimum atomic E-state index is -0.294. The second-order valence-electron chi connectivity index (χ2n) is 6.12. The van der Waals surface area contributed by atoms with Crippen LogP contribution in [0.2, 0.25) is 0 Å². The van der Waals surface area contributed by atoms with E-state index < -0.39 is 0 Å². The van der Waals surface area contributed by atoms with Gasteiger partial charge in [0.2, 0.25) is 5.91 Å². The van der Waals surface area contributed by atoms with Gasteiger partial charge in [0.05, 0.1) is 12.1 Å². The van der Waals surface area contributed by atoms with Gasteiger partial charge >= 0.3 is 0 Å². The highest BCUT2D eigenvalue weighted by Gasteiger charge is 2.12. The van der Waals surface area contributed by atoms with Gasteiger partial charge in [-0.3, -0.25) is 4.79 Å². The Labute approximate surface area is 150 Å². The molecular formula is C20H19FN2OS. The summed E-state index contributed by atoms with van der Waals surface area (Å²) in [4.78, 5) is 16.8. The van der Waals surface area contributed by atoms with Crippen LogP contribution in [0.15, 0.2) is 53.9 Å². The Balaban J connectivity index is 1.70. The summed E-state index contributed by atoms with van der Waals surface area (Å²) in [5.41, 5.74) is 3.35. The summed E-state index contributed by atoms with van der Waals surface area (Å²) in [5.74, 6) is -0.0724. The van der Waals surface area contributed by atoms with Crippen molar-refractivity contribution in [1.82, 2.24) is 4.98 Å². The van der Waals surface area contributed by atoms with E-state index in [-0.39, 0.29) is 18.1 Å². The van der Waals surface area contributed by atoms with Gasteiger partial charge in [-0.25, -0.2) is 9.37 Å². The first-order valence-electron chi connectivity index (χ1n) is 8.12. The van der Waals surface area contributed by atoms with E-state index in [1.165, 1.54) is 23.5 Å². The van der Waals surface area contributed by atoms with Gasteiger partial charge in [-0.05, 0) is 29.7 Å². The number of nitrogens with one attached hydrogen (secondary N) is 1. The zero-order valence-electron chi connectivity index (χ0n) is 14.1. The van der Waals surface area contributed by atoms with E-state index in [2.05, 4.69) is 24.1 Å². The van der Waals surface area contributed by atoms with Crippen LogP contribution in [0.3, 0.4) is 0 Å². The quantitative estimate of drug-likeness (QED) is 0.679. The van der Waals surface area contributed by atoms with E-state index in [9.17, 15) is 9.18 Å². The molecule has 3 aromatic rings. The highest BCUT2D eigenvalue weighted by Crippen LogP contribution is 2.26. The van der Waals surface area contributed by atoms with Crippen LogP contribution >= 0.6 is 11.3 Å². The zero-order valence-corrected chi connectivity index (χ0v) is 14.9. The van der Waals surface area contributed by atoms with Gasteiger partial charge in [-0.15, -0.1) is 11.3 Å². The van der Waals surface area contributed by atoms with Crippen molar-refractivity contribution < 1.29 is 9.18 Å². The maximum atomic E-state index is 13.3. The van der Waals surface area contributed by atoms with Crippen molar-refractivity contribution in [1.29, 1.82) is 0 Å². The molecule has 0 spiro atoms. The summed E-state index contributed by atoms with van der Waals surface area (Å²) in [7, 11) is 0. The molecule has 5 heteroatoms. The van der Waals surface area contributed by atoms with E-state index in [0.29, 0.717) is 16.6 Å². The van der Waals surface area contributed by atoms with Crippen LogP contribution in [0.25, 0.3) is 10.6 Å². The van der Waals surface area contributed by atoms with Crippen molar-refractivity contribution in [3.05, 3.63) is 71.0 Å². The normalized spacial score (nSPS) is 10.9. The first kappa shape index (κ1) is 17.3. The number of hydrogen-bond acceptors (Lipinski definition) is 3. The fraction of sp³-hybridized carbons (Fsp3) is 0.200. The largest absolute Gasteiger partial charge is 0.325 e. The molecule has 2 aromatic carbocycles. The zero-order chi connectivity index (χ0) is 17.8. The molecule has 1 amide bonds. The molecule has 1 aromatic heterocycles. The first-order valence-corrected chi connectivity index (χ1v) is 9.00. The molecule has 3 rings (SSSR count). The second kappa shape index (κ2) is 7.57. The van der Waals surface area contributed by atoms with Gasteiger partial charge in [0.25, 0.3) is 0 Å². The molecule has 0 fully saturated rings. The smallest absolute Gasteiger partial charge is 0.230 e. The Morgan fingerprint density at radius 3 is 2.76 bits per heavy atom. The fourth-order valence-electron chi connectivity index (χ4n) is 2.62. The lowest BCUT2D eigenvalue weighted by molar-refractivity contribution is -0.115. The molecule has 0 saturated carbocycles. The summed E-state index contributed by atoms with van der Waals surface area (Å²) >= 11 is 1.41. The van der Waals surface area contributed by atoms with Gasteiger partial charge in [-0.1, -0.05) is 44.2 Å². The average Bonchev–Trinajstić information content (AvgIpc) is 3.03. The lowest BCUT2D eigenvalue weighted by Crippen LogP contribution is -2.16. The van der Waals surface area contributed by atoms with Gasteiger partial charge in [-0.2, -0.15) is 0 Å². The van der Waals surface area contributed by atoms with Gasteiger partial charge in [0.1, 0.15) is 10.8 Å². The molecule has 128 valence electrons. The highest BCUT2D eigenvalue weighted by molar-refractivity contribution is 7.13. The number of benzene rings is 2. The number of halogens is 1. The summed E-state index contributed by atoms with van der Waals surface area (Å²) in [6, 6.07) is 14.1. The van der Waals surface area contributed by atoms with E-state index in [0.717, 1.165) is 16.8 Å². The van der Waals surface area contributed by atoms with Crippen molar-refractivity contribution >= 4 is 22.9 Å². The van der Waals surface area contributed by atoms with Crippen molar-refractivity contribution in [2.75, 3.05) is 5.32 Å². The average molecular weight is 354 g/mol. The van der Waals surface area contributed by atoms with Gasteiger partial charge in [0, 0.05) is 16.6 Å². The van der Waals surface area contributed by atoms with Crippen molar-refractivity contribution in [3.8, 4) is 10.6 Å². The number of carbonyl (C=O) groups is 1. The molecule has 3 nitrogen and oxygen atoms in total. The Bertz CT molecular complexity index is 889. The van der Waals surface area contributed by atoms with Crippen molar-refractivity contribution in [2.45, 2.75) is 26.2 Å². The number of hydrogen-bond donors (Lipinski definition) is 1. The van der Waals surface area contributed by atoms with Crippen LogP contribution in [-0.4, -0.2) is 10.9 Å². The number of rotatable bonds is 5. The highest BCUT2D eigenvalue weighted by atomic mass is 32.1. The van der Waals surface area contributed by atoms with E-state index in [4.69, 9.17) is 0 Å². The SMILES string of the molecule is CC(C)c1ccccc1NC(=O)Cc1csc(-c2cccc(F)c2)n1. The molecule has 0 aliphatic carbocycles. The van der Waals surface area contributed by atoms with Crippen molar-refractivity contribution in [3.63, 3.8) is 0 Å². The van der Waals surface area contributed by atoms with E-state index >= 15 is 0 Å². The monoisotopic (exact) mass is 354 g/mol. The first-order chi connectivity index (χ1) is 12.0. The number of carbonyl (C=O) groups excluding carboxylic acids is 1. The molecule has 0 unspecified atom stereocenters. The fourth-order valence-corrected chi connectivity index (χ4v) is 3.43. The third kappa shape index (κ3) is 4.31. The lowest BCUT2D eigenvalue weighted by atomic mass is 10.0. The number of aromatic nitrogens is 1. The van der Waals surface area contributed by atoms with Gasteiger partial charge < -0.3 is 5.32 Å². The predicted octanol–water partition coefficient (Wildman–Crippen LogP) is 5.25. The Morgan fingerprint density at radius 1 is 1.20 bits per heavy atom. The third-order valence-electron chi connectivity index (χ3n) is 3.82. The molecular weight excluding hydrogens is 335 g/mol. The van der Waals surface area contributed by atoms with Gasteiger partial charge in [0.15, 0.2) is 0 Å². The summed E-state index contributed by atoms with van der Waals surface area (Å²) < 4.78 is 13.3. The molecule has 0 saturated heterocycles. The third-order valence-corrected chi connectivity index (χ3v) is 4.76. The molecule has 1 heterocycles. The topological polar surface area (TPSA) is 42.0 Å². The minimum absolute atomic E-state index is 0.107. The van der Waals surface area contributed by atoms with Crippen LogP contribution in [0.4, 0.5) is 10.1 Å². The number of thiazole rings is 1. The van der Waals surface area contributed by atoms with Crippen LogP contribution in [0, 0.1) is 5.82 Å². The maximum Gasteiger partial charge on any atom is 0.230 e. The number of para-hydroxylation sites is 1. The molecule has 0 aliphatic rings. The summed E-state index contributed by atoms with van der Waals surface area (Å²) in [5, 5.41) is 5.52. The lowest BCUT2D eigenvalue weighted by Gasteiger charge is -2.13.